The van der Waals surface area contributed by atoms with Crippen molar-refractivity contribution in [1.82, 2.24) is 29.9 Å². The molecular weight excluding hydrogens is 600 g/mol. The Kier molecular flexibility index (Phi) is 8.64. The normalized spacial score (nSPS) is 20.8. The van der Waals surface area contributed by atoms with Gasteiger partial charge in [-0.2, -0.15) is 5.10 Å². The second kappa shape index (κ2) is 12.3. The van der Waals surface area contributed by atoms with Crippen LogP contribution in [0.3, 0.4) is 0 Å². The van der Waals surface area contributed by atoms with E-state index in [1.165, 1.54) is 0 Å². The maximum absolute atomic E-state index is 12.9. The molecule has 0 bridgehead atoms. The largest absolute Gasteiger partial charge is 0.598 e. The van der Waals surface area contributed by atoms with Crippen LogP contribution >= 0.6 is 11.6 Å². The highest BCUT2D eigenvalue weighted by Gasteiger charge is 2.51. The summed E-state index contributed by atoms with van der Waals surface area (Å²) in [5, 5.41) is 21.9. The number of aliphatic hydroxyl groups excluding tert-OH is 1. The summed E-state index contributed by atoms with van der Waals surface area (Å²) in [6.45, 7) is 7.99. The van der Waals surface area contributed by atoms with Crippen LogP contribution in [-0.2, 0) is 17.9 Å². The van der Waals surface area contributed by atoms with E-state index in [1.54, 1.807) is 19.5 Å². The number of anilines is 2. The van der Waals surface area contributed by atoms with Crippen molar-refractivity contribution < 1.29 is 14.4 Å². The maximum atomic E-state index is 12.9. The molecule has 44 heavy (non-hydrogen) atoms. The third-order valence-electron chi connectivity index (χ3n) is 8.80. The van der Waals surface area contributed by atoms with E-state index >= 15 is 0 Å². The summed E-state index contributed by atoms with van der Waals surface area (Å²) < 4.78 is 21.1. The van der Waals surface area contributed by atoms with Crippen molar-refractivity contribution in [2.75, 3.05) is 30.4 Å². The molecule has 4 aromatic rings. The van der Waals surface area contributed by atoms with Crippen LogP contribution < -0.4 is 19.7 Å². The van der Waals surface area contributed by atoms with Crippen LogP contribution in [0.4, 0.5) is 11.6 Å². The van der Waals surface area contributed by atoms with Gasteiger partial charge in [-0.05, 0) is 75.6 Å². The minimum atomic E-state index is -1.19. The second-order valence-electron chi connectivity index (χ2n) is 12.7. The number of pyridine rings is 1. The first kappa shape index (κ1) is 30.8. The third-order valence-corrected chi connectivity index (χ3v) is 10.8. The molecule has 13 heteroatoms. The van der Waals surface area contributed by atoms with Crippen LogP contribution in [0.25, 0.3) is 22.4 Å². The molecule has 1 saturated carbocycles. The molecule has 2 aliphatic rings. The number of aromatic amines is 1. The smallest absolute Gasteiger partial charge is 0.177 e. The topological polar surface area (TPSA) is 147 Å². The lowest BCUT2D eigenvalue weighted by molar-refractivity contribution is 0.139. The molecule has 4 heterocycles. The number of rotatable bonds is 8. The summed E-state index contributed by atoms with van der Waals surface area (Å²) in [7, 11) is 1.64. The van der Waals surface area contributed by atoms with Crippen LogP contribution in [-0.4, -0.2) is 71.9 Å². The number of ether oxygens (including phenoxy) is 1. The van der Waals surface area contributed by atoms with Gasteiger partial charge in [0.25, 0.3) is 0 Å². The molecule has 1 aliphatic carbocycles. The number of aliphatic hydroxyl groups is 1. The standard InChI is InChI=1S/C31H39ClN8O3S/c1-30(2,3)44(42)39-23-15-20(41)16-31(23)10-13-40(14-11-31)24-18-34-27-26(37-38-29(27)36-24)22-9-12-33-28(25(22)32)35-17-19-5-7-21(43-4)8-6-19/h5-9,12,18,20,23,39,41H,10-11,13-17H2,1-4H3,(H,33,35)(H,36,37,38)/t20-,23-,44?/m1/s1. The molecule has 6 rings (SSSR count). The number of halogens is 1. The van der Waals surface area contributed by atoms with Crippen LogP contribution in [0.2, 0.25) is 5.02 Å². The predicted molar refractivity (Wildman–Crippen MR) is 174 cm³/mol. The zero-order chi connectivity index (χ0) is 31.1. The number of fused-ring (bicyclic) bond motifs is 1. The molecule has 1 saturated heterocycles. The van der Waals surface area contributed by atoms with Crippen LogP contribution in [0.1, 0.15) is 52.0 Å². The van der Waals surface area contributed by atoms with Crippen molar-refractivity contribution in [3.8, 4) is 17.0 Å². The Morgan fingerprint density at radius 2 is 1.93 bits per heavy atom. The highest BCUT2D eigenvalue weighted by molar-refractivity contribution is 7.90. The SMILES string of the molecule is COc1ccc(CNc2nccc(-c3n[nH]c4nc(N5CCC6(CC5)C[C@H](O)C[C@H]6N[S+]([O-])C(C)(C)C)cnc34)c2Cl)cc1. The number of nitrogens with zero attached hydrogens (tertiary/aromatic N) is 5. The number of nitrogens with one attached hydrogen (secondary N) is 3. The molecule has 1 spiro atoms. The number of hydrogen-bond acceptors (Lipinski definition) is 10. The fourth-order valence-corrected chi connectivity index (χ4v) is 7.47. The molecule has 1 aliphatic heterocycles. The van der Waals surface area contributed by atoms with E-state index in [4.69, 9.17) is 26.3 Å². The minimum Gasteiger partial charge on any atom is -0.598 e. The van der Waals surface area contributed by atoms with Crippen molar-refractivity contribution in [1.29, 1.82) is 0 Å². The number of methoxy groups -OCH3 is 1. The highest BCUT2D eigenvalue weighted by atomic mass is 35.5. The van der Waals surface area contributed by atoms with Crippen molar-refractivity contribution in [2.45, 2.75) is 69.9 Å². The first-order chi connectivity index (χ1) is 21.1. The average Bonchev–Trinajstić information content (AvgIpc) is 3.56. The molecular formula is C31H39ClN8O3S. The summed E-state index contributed by atoms with van der Waals surface area (Å²) in [6, 6.07) is 9.64. The van der Waals surface area contributed by atoms with Gasteiger partial charge in [0.15, 0.2) is 5.65 Å². The number of hydrogen-bond donors (Lipinski definition) is 4. The van der Waals surface area contributed by atoms with Crippen LogP contribution in [0.15, 0.2) is 42.7 Å². The quantitative estimate of drug-likeness (QED) is 0.197. The number of aromatic nitrogens is 5. The molecule has 4 N–H and O–H groups in total. The van der Waals surface area contributed by atoms with Crippen LogP contribution in [0, 0.1) is 5.41 Å². The highest BCUT2D eigenvalue weighted by Crippen LogP contribution is 2.47. The van der Waals surface area contributed by atoms with Crippen molar-refractivity contribution in [3.63, 3.8) is 0 Å². The summed E-state index contributed by atoms with van der Waals surface area (Å²) in [4.78, 5) is 16.3. The molecule has 234 valence electrons. The first-order valence-corrected chi connectivity index (χ1v) is 16.4. The molecule has 0 amide bonds. The Morgan fingerprint density at radius 3 is 2.64 bits per heavy atom. The van der Waals surface area contributed by atoms with Crippen molar-refractivity contribution in [2.24, 2.45) is 5.41 Å². The second-order valence-corrected chi connectivity index (χ2v) is 15.1. The third kappa shape index (κ3) is 6.18. The molecule has 3 aromatic heterocycles. The zero-order valence-corrected chi connectivity index (χ0v) is 27.0. The van der Waals surface area contributed by atoms with Crippen LogP contribution in [0.5, 0.6) is 5.75 Å². The molecule has 3 atom stereocenters. The van der Waals surface area contributed by atoms with Gasteiger partial charge in [0, 0.05) is 42.8 Å². The van der Waals surface area contributed by atoms with E-state index in [-0.39, 0.29) is 22.3 Å². The molecule has 0 radical (unpaired) electrons. The van der Waals surface area contributed by atoms with E-state index in [0.717, 1.165) is 49.5 Å². The monoisotopic (exact) mass is 638 g/mol. The number of benzene rings is 1. The van der Waals surface area contributed by atoms with E-state index in [2.05, 4.69) is 30.1 Å². The Bertz CT molecular complexity index is 1600. The fraction of sp³-hybridized carbons (Fsp3) is 0.484. The average molecular weight is 639 g/mol. The summed E-state index contributed by atoms with van der Waals surface area (Å²) >= 11 is 5.62. The number of H-pyrrole nitrogens is 1. The molecule has 1 unspecified atom stereocenters. The summed E-state index contributed by atoms with van der Waals surface area (Å²) in [5.74, 6) is 2.13. The lowest BCUT2D eigenvalue weighted by atomic mass is 9.74. The van der Waals surface area contributed by atoms with Gasteiger partial charge in [0.2, 0.25) is 0 Å². The molecule has 2 fully saturated rings. The van der Waals surface area contributed by atoms with Crippen molar-refractivity contribution in [3.05, 3.63) is 53.3 Å². The van der Waals surface area contributed by atoms with E-state index < -0.39 is 11.4 Å². The maximum Gasteiger partial charge on any atom is 0.177 e. The van der Waals surface area contributed by atoms with E-state index in [0.29, 0.717) is 46.2 Å². The van der Waals surface area contributed by atoms with Gasteiger partial charge in [-0.15, -0.1) is 4.72 Å². The summed E-state index contributed by atoms with van der Waals surface area (Å²) in [6.07, 6.45) is 6.19. The van der Waals surface area contributed by atoms with Gasteiger partial charge >= 0.3 is 0 Å². The predicted octanol–water partition coefficient (Wildman–Crippen LogP) is 4.85. The Labute approximate surface area is 265 Å². The Morgan fingerprint density at radius 1 is 1.18 bits per heavy atom. The Balaban J connectivity index is 1.15. The van der Waals surface area contributed by atoms with Gasteiger partial charge in [-0.25, -0.2) is 15.0 Å². The minimum absolute atomic E-state index is 0.0177. The lowest BCUT2D eigenvalue weighted by Crippen LogP contribution is -2.53. The van der Waals surface area contributed by atoms with E-state index in [1.807, 2.05) is 51.1 Å². The first-order valence-electron chi connectivity index (χ1n) is 14.9. The van der Waals surface area contributed by atoms with Gasteiger partial charge < -0.3 is 24.6 Å². The fourth-order valence-electron chi connectivity index (χ4n) is 6.24. The molecule has 11 nitrogen and oxygen atoms in total. The van der Waals surface area contributed by atoms with Gasteiger partial charge in [0.05, 0.1) is 30.5 Å². The zero-order valence-electron chi connectivity index (χ0n) is 25.4. The van der Waals surface area contributed by atoms with Crippen molar-refractivity contribution >= 4 is 45.8 Å². The van der Waals surface area contributed by atoms with Gasteiger partial charge in [-0.3, -0.25) is 5.10 Å². The number of piperidine rings is 1. The molecule has 1 aromatic carbocycles. The summed E-state index contributed by atoms with van der Waals surface area (Å²) in [5.41, 5.74) is 3.50. The van der Waals surface area contributed by atoms with E-state index in [9.17, 15) is 9.66 Å². The lowest BCUT2D eigenvalue weighted by Gasteiger charge is -2.43. The Hall–Kier alpha value is -3.16. The van der Waals surface area contributed by atoms with Gasteiger partial charge in [0.1, 0.15) is 33.3 Å². The van der Waals surface area contributed by atoms with Gasteiger partial charge in [-0.1, -0.05) is 23.7 Å².